The Labute approximate surface area is 89.2 Å². The van der Waals surface area contributed by atoms with Crippen molar-refractivity contribution in [3.63, 3.8) is 0 Å². The van der Waals surface area contributed by atoms with Gasteiger partial charge in [0.2, 0.25) is 0 Å². The molecular formula is C12H27NO. The lowest BCUT2D eigenvalue weighted by Crippen LogP contribution is -2.24. The van der Waals surface area contributed by atoms with Crippen LogP contribution in [0.25, 0.3) is 0 Å². The second-order valence-corrected chi connectivity index (χ2v) is 4.71. The summed E-state index contributed by atoms with van der Waals surface area (Å²) >= 11 is 0. The molecule has 0 aromatic rings. The van der Waals surface area contributed by atoms with E-state index in [1.54, 1.807) is 0 Å². The van der Waals surface area contributed by atoms with Crippen molar-refractivity contribution in [2.45, 2.75) is 40.5 Å². The van der Waals surface area contributed by atoms with E-state index in [0.717, 1.165) is 31.6 Å². The van der Waals surface area contributed by atoms with Gasteiger partial charge in [0, 0.05) is 13.2 Å². The fourth-order valence-electron chi connectivity index (χ4n) is 1.82. The molecule has 86 valence electrons. The second kappa shape index (κ2) is 8.25. The number of ether oxygens (including phenoxy) is 1. The first kappa shape index (κ1) is 13.9. The lowest BCUT2D eigenvalue weighted by molar-refractivity contribution is 0.198. The van der Waals surface area contributed by atoms with Crippen LogP contribution in [0.4, 0.5) is 0 Å². The molecule has 0 saturated carbocycles. The van der Waals surface area contributed by atoms with E-state index in [1.165, 1.54) is 12.8 Å². The Kier molecular flexibility index (Phi) is 8.20. The summed E-state index contributed by atoms with van der Waals surface area (Å²) in [5.74, 6) is 2.16. The Balaban J connectivity index is 0.000000280. The highest BCUT2D eigenvalue weighted by atomic mass is 16.5. The van der Waals surface area contributed by atoms with Crippen LogP contribution in [0.3, 0.4) is 0 Å². The lowest BCUT2D eigenvalue weighted by Gasteiger charge is -2.22. The summed E-state index contributed by atoms with van der Waals surface area (Å²) in [6.45, 7) is 11.8. The normalized spacial score (nSPS) is 16.3. The van der Waals surface area contributed by atoms with E-state index in [-0.39, 0.29) is 0 Å². The molecule has 0 aromatic carbocycles. The molecule has 0 aliphatic carbocycles. The van der Waals surface area contributed by atoms with Gasteiger partial charge in [0.1, 0.15) is 0 Å². The molecule has 2 N–H and O–H groups in total. The van der Waals surface area contributed by atoms with Crippen LogP contribution in [0, 0.1) is 17.8 Å². The molecule has 0 spiro atoms. The second-order valence-electron chi connectivity index (χ2n) is 4.71. The minimum Gasteiger partial charge on any atom is -0.381 e. The third-order valence-corrected chi connectivity index (χ3v) is 2.81. The zero-order chi connectivity index (χ0) is 11.0. The van der Waals surface area contributed by atoms with E-state index in [9.17, 15) is 0 Å². The molecule has 0 aromatic heterocycles. The molecule has 1 fully saturated rings. The molecule has 0 bridgehead atoms. The molecule has 0 amide bonds. The number of rotatable bonds is 3. The number of hydrogen-bond acceptors (Lipinski definition) is 2. The SMILES string of the molecule is C1CCOC1.CC(C)C(CN)C(C)C. The molecule has 1 heterocycles. The highest BCUT2D eigenvalue weighted by molar-refractivity contribution is 4.66. The van der Waals surface area contributed by atoms with Gasteiger partial charge in [-0.3, -0.25) is 0 Å². The Morgan fingerprint density at radius 1 is 1.00 bits per heavy atom. The maximum Gasteiger partial charge on any atom is 0.0466 e. The summed E-state index contributed by atoms with van der Waals surface area (Å²) in [5.41, 5.74) is 5.57. The van der Waals surface area contributed by atoms with E-state index in [1.807, 2.05) is 0 Å². The van der Waals surface area contributed by atoms with Crippen LogP contribution in [0.5, 0.6) is 0 Å². The highest BCUT2D eigenvalue weighted by Crippen LogP contribution is 2.18. The smallest absolute Gasteiger partial charge is 0.0466 e. The summed E-state index contributed by atoms with van der Waals surface area (Å²) in [5, 5.41) is 0. The van der Waals surface area contributed by atoms with Crippen molar-refractivity contribution >= 4 is 0 Å². The first-order chi connectivity index (χ1) is 6.59. The van der Waals surface area contributed by atoms with E-state index >= 15 is 0 Å². The molecule has 2 heteroatoms. The summed E-state index contributed by atoms with van der Waals surface area (Å²) in [7, 11) is 0. The first-order valence-electron chi connectivity index (χ1n) is 5.87. The van der Waals surface area contributed by atoms with Crippen LogP contribution in [-0.4, -0.2) is 19.8 Å². The van der Waals surface area contributed by atoms with E-state index in [2.05, 4.69) is 27.7 Å². The fraction of sp³-hybridized carbons (Fsp3) is 1.00. The van der Waals surface area contributed by atoms with Crippen LogP contribution >= 0.6 is 0 Å². The van der Waals surface area contributed by atoms with Crippen molar-refractivity contribution in [2.24, 2.45) is 23.5 Å². The maximum absolute atomic E-state index is 5.57. The van der Waals surface area contributed by atoms with Crippen LogP contribution < -0.4 is 5.73 Å². The summed E-state index contributed by atoms with van der Waals surface area (Å²) in [6.07, 6.45) is 2.56. The van der Waals surface area contributed by atoms with Crippen LogP contribution in [0.2, 0.25) is 0 Å². The highest BCUT2D eigenvalue weighted by Gasteiger charge is 2.14. The minimum atomic E-state index is 0.699. The Bertz CT molecular complexity index is 104. The molecule has 1 aliphatic rings. The van der Waals surface area contributed by atoms with Gasteiger partial charge >= 0.3 is 0 Å². The first-order valence-corrected chi connectivity index (χ1v) is 5.87. The van der Waals surface area contributed by atoms with Gasteiger partial charge in [-0.25, -0.2) is 0 Å². The molecular weight excluding hydrogens is 174 g/mol. The molecule has 0 atom stereocenters. The quantitative estimate of drug-likeness (QED) is 0.762. The van der Waals surface area contributed by atoms with E-state index < -0.39 is 0 Å². The van der Waals surface area contributed by atoms with Gasteiger partial charge in [-0.15, -0.1) is 0 Å². The third-order valence-electron chi connectivity index (χ3n) is 2.81. The molecule has 2 nitrogen and oxygen atoms in total. The molecule has 1 rings (SSSR count). The molecule has 0 radical (unpaired) electrons. The van der Waals surface area contributed by atoms with Crippen LogP contribution in [0.15, 0.2) is 0 Å². The van der Waals surface area contributed by atoms with Crippen molar-refractivity contribution in [1.82, 2.24) is 0 Å². The van der Waals surface area contributed by atoms with Crippen molar-refractivity contribution in [3.8, 4) is 0 Å². The molecule has 14 heavy (non-hydrogen) atoms. The van der Waals surface area contributed by atoms with Gasteiger partial charge in [0.15, 0.2) is 0 Å². The van der Waals surface area contributed by atoms with Crippen LogP contribution in [0.1, 0.15) is 40.5 Å². The van der Waals surface area contributed by atoms with Crippen molar-refractivity contribution in [3.05, 3.63) is 0 Å². The summed E-state index contributed by atoms with van der Waals surface area (Å²) < 4.78 is 4.94. The maximum atomic E-state index is 5.57. The predicted molar refractivity (Wildman–Crippen MR) is 62.3 cm³/mol. The topological polar surface area (TPSA) is 35.2 Å². The number of hydrogen-bond donors (Lipinski definition) is 1. The zero-order valence-corrected chi connectivity index (χ0v) is 10.3. The third kappa shape index (κ3) is 6.39. The standard InChI is InChI=1S/C8H19N.C4H8O/c1-6(2)8(5-9)7(3)4;1-2-4-5-3-1/h6-8H,5,9H2,1-4H3;1-4H2. The monoisotopic (exact) mass is 201 g/mol. The Morgan fingerprint density at radius 3 is 1.50 bits per heavy atom. The van der Waals surface area contributed by atoms with Crippen molar-refractivity contribution in [2.75, 3.05) is 19.8 Å². The summed E-state index contributed by atoms with van der Waals surface area (Å²) in [4.78, 5) is 0. The van der Waals surface area contributed by atoms with Gasteiger partial charge < -0.3 is 10.5 Å². The van der Waals surface area contributed by atoms with Crippen molar-refractivity contribution < 1.29 is 4.74 Å². The zero-order valence-electron chi connectivity index (χ0n) is 10.3. The van der Waals surface area contributed by atoms with Crippen molar-refractivity contribution in [1.29, 1.82) is 0 Å². The predicted octanol–water partition coefficient (Wildman–Crippen LogP) is 2.67. The molecule has 1 aliphatic heterocycles. The molecule has 1 saturated heterocycles. The van der Waals surface area contributed by atoms with E-state index in [0.29, 0.717) is 5.92 Å². The fourth-order valence-corrected chi connectivity index (χ4v) is 1.82. The van der Waals surface area contributed by atoms with E-state index in [4.69, 9.17) is 10.5 Å². The Hall–Kier alpha value is -0.0800. The van der Waals surface area contributed by atoms with Gasteiger partial charge in [-0.1, -0.05) is 27.7 Å². The lowest BCUT2D eigenvalue weighted by atomic mass is 9.86. The summed E-state index contributed by atoms with van der Waals surface area (Å²) in [6, 6.07) is 0. The minimum absolute atomic E-state index is 0.699. The van der Waals surface area contributed by atoms with Gasteiger partial charge in [0.05, 0.1) is 0 Å². The van der Waals surface area contributed by atoms with Gasteiger partial charge in [0.25, 0.3) is 0 Å². The number of nitrogens with two attached hydrogens (primary N) is 1. The largest absolute Gasteiger partial charge is 0.381 e. The van der Waals surface area contributed by atoms with Crippen LogP contribution in [-0.2, 0) is 4.74 Å². The molecule has 0 unspecified atom stereocenters. The Morgan fingerprint density at radius 2 is 1.43 bits per heavy atom. The average Bonchev–Trinajstić information content (AvgIpc) is 2.59. The van der Waals surface area contributed by atoms with Gasteiger partial charge in [-0.05, 0) is 37.1 Å². The van der Waals surface area contributed by atoms with Gasteiger partial charge in [-0.2, -0.15) is 0 Å². The average molecular weight is 201 g/mol.